The van der Waals surface area contributed by atoms with E-state index in [0.717, 1.165) is 41.6 Å². The maximum Gasteiger partial charge on any atom is 0.254 e. The number of anilines is 1. The minimum absolute atomic E-state index is 0.110. The lowest BCUT2D eigenvalue weighted by Gasteiger charge is -2.24. The number of carbonyl (C=O) groups excluding carboxylic acids is 3. The van der Waals surface area contributed by atoms with E-state index < -0.39 is 6.04 Å². The number of amides is 3. The van der Waals surface area contributed by atoms with Gasteiger partial charge in [0.2, 0.25) is 11.8 Å². The summed E-state index contributed by atoms with van der Waals surface area (Å²) in [5.41, 5.74) is 4.18. The number of aromatic nitrogens is 1. The summed E-state index contributed by atoms with van der Waals surface area (Å²) in [4.78, 5) is 41.3. The van der Waals surface area contributed by atoms with Crippen LogP contribution >= 0.6 is 0 Å². The Labute approximate surface area is 191 Å². The van der Waals surface area contributed by atoms with Crippen molar-refractivity contribution in [3.8, 4) is 5.75 Å². The molecule has 0 saturated carbocycles. The van der Waals surface area contributed by atoms with Gasteiger partial charge in [-0.05, 0) is 61.6 Å². The first kappa shape index (κ1) is 21.1. The van der Waals surface area contributed by atoms with E-state index in [9.17, 15) is 14.4 Å². The van der Waals surface area contributed by atoms with Crippen LogP contribution in [0.2, 0.25) is 0 Å². The number of hydrogen-bond donors (Lipinski definition) is 4. The molecule has 2 aliphatic rings. The van der Waals surface area contributed by atoms with Crippen LogP contribution in [0.3, 0.4) is 0 Å². The number of H-pyrrole nitrogens is 1. The summed E-state index contributed by atoms with van der Waals surface area (Å²) in [6.45, 7) is 0. The van der Waals surface area contributed by atoms with E-state index in [0.29, 0.717) is 11.3 Å². The normalized spacial score (nSPS) is 19.7. The van der Waals surface area contributed by atoms with Gasteiger partial charge in [-0.15, -0.1) is 0 Å². The third-order valence-corrected chi connectivity index (χ3v) is 6.46. The monoisotopic (exact) mass is 446 g/mol. The Morgan fingerprint density at radius 1 is 1.18 bits per heavy atom. The van der Waals surface area contributed by atoms with E-state index in [1.807, 2.05) is 18.2 Å². The maximum absolute atomic E-state index is 12.8. The number of methoxy groups -OCH3 is 1. The van der Waals surface area contributed by atoms with Crippen LogP contribution in [0.25, 0.3) is 10.9 Å². The molecule has 2 heterocycles. The predicted octanol–water partition coefficient (Wildman–Crippen LogP) is 3.20. The lowest BCUT2D eigenvalue weighted by Crippen LogP contribution is -2.42. The van der Waals surface area contributed by atoms with Gasteiger partial charge in [0, 0.05) is 23.0 Å². The van der Waals surface area contributed by atoms with Crippen molar-refractivity contribution < 1.29 is 19.1 Å². The highest BCUT2D eigenvalue weighted by Gasteiger charge is 2.29. The molecule has 3 amide bonds. The first-order chi connectivity index (χ1) is 16.0. The first-order valence-corrected chi connectivity index (χ1v) is 11.2. The van der Waals surface area contributed by atoms with Crippen LogP contribution in [0.1, 0.15) is 53.3 Å². The summed E-state index contributed by atoms with van der Waals surface area (Å²) in [6.07, 6.45) is 3.12. The van der Waals surface area contributed by atoms with E-state index in [-0.39, 0.29) is 36.6 Å². The zero-order valence-corrected chi connectivity index (χ0v) is 18.4. The SMILES string of the molecule is COc1ccc2[nH]c3c(c2c1)CCCC3NC(=O)CC[C@@H]1NC(=O)c2ccccc2NC1=O. The Morgan fingerprint density at radius 2 is 2.03 bits per heavy atom. The van der Waals surface area contributed by atoms with Crippen molar-refractivity contribution >= 4 is 34.3 Å². The third-order valence-electron chi connectivity index (χ3n) is 6.46. The van der Waals surface area contributed by atoms with E-state index in [1.165, 1.54) is 5.56 Å². The summed E-state index contributed by atoms with van der Waals surface area (Å²) in [7, 11) is 1.65. The van der Waals surface area contributed by atoms with Crippen molar-refractivity contribution in [2.45, 2.75) is 44.2 Å². The smallest absolute Gasteiger partial charge is 0.254 e. The Kier molecular flexibility index (Phi) is 5.50. The molecule has 3 aromatic rings. The fourth-order valence-corrected chi connectivity index (χ4v) is 4.77. The number of ether oxygens (including phenoxy) is 1. The number of fused-ring (bicyclic) bond motifs is 4. The lowest BCUT2D eigenvalue weighted by molar-refractivity contribution is -0.122. The minimum atomic E-state index is -0.766. The molecular formula is C25H26N4O4. The molecule has 0 bridgehead atoms. The van der Waals surface area contributed by atoms with Crippen LogP contribution in [0.4, 0.5) is 5.69 Å². The molecule has 170 valence electrons. The molecule has 1 aliphatic carbocycles. The van der Waals surface area contributed by atoms with Crippen molar-refractivity contribution in [2.24, 2.45) is 0 Å². The van der Waals surface area contributed by atoms with E-state index in [2.05, 4.69) is 20.9 Å². The van der Waals surface area contributed by atoms with Crippen LogP contribution in [-0.4, -0.2) is 35.9 Å². The molecule has 0 saturated heterocycles. The van der Waals surface area contributed by atoms with Crippen LogP contribution in [0, 0.1) is 0 Å². The third kappa shape index (κ3) is 4.04. The Morgan fingerprint density at radius 3 is 2.88 bits per heavy atom. The Balaban J connectivity index is 1.25. The summed E-state index contributed by atoms with van der Waals surface area (Å²) >= 11 is 0. The van der Waals surface area contributed by atoms with Crippen LogP contribution in [-0.2, 0) is 16.0 Å². The second-order valence-electron chi connectivity index (χ2n) is 8.54. The number of hydrogen-bond acceptors (Lipinski definition) is 4. The van der Waals surface area contributed by atoms with Crippen molar-refractivity contribution in [3.63, 3.8) is 0 Å². The van der Waals surface area contributed by atoms with Crippen molar-refractivity contribution in [1.82, 2.24) is 15.6 Å². The molecule has 5 rings (SSSR count). The Hall–Kier alpha value is -3.81. The van der Waals surface area contributed by atoms with Gasteiger partial charge in [-0.25, -0.2) is 0 Å². The average molecular weight is 447 g/mol. The number of para-hydroxylation sites is 1. The van der Waals surface area contributed by atoms with Crippen LogP contribution < -0.4 is 20.7 Å². The quantitative estimate of drug-likeness (QED) is 0.482. The predicted molar refractivity (Wildman–Crippen MR) is 124 cm³/mol. The summed E-state index contributed by atoms with van der Waals surface area (Å²) < 4.78 is 5.36. The number of aryl methyl sites for hydroxylation is 1. The molecule has 33 heavy (non-hydrogen) atoms. The second-order valence-corrected chi connectivity index (χ2v) is 8.54. The number of benzene rings is 2. The molecule has 2 atom stereocenters. The molecule has 2 aromatic carbocycles. The molecule has 1 aliphatic heterocycles. The molecule has 0 fully saturated rings. The highest BCUT2D eigenvalue weighted by atomic mass is 16.5. The van der Waals surface area contributed by atoms with Gasteiger partial charge in [0.15, 0.2) is 0 Å². The fourth-order valence-electron chi connectivity index (χ4n) is 4.77. The highest BCUT2D eigenvalue weighted by molar-refractivity contribution is 6.09. The average Bonchev–Trinajstić information content (AvgIpc) is 3.15. The van der Waals surface area contributed by atoms with Gasteiger partial charge in [-0.2, -0.15) is 0 Å². The largest absolute Gasteiger partial charge is 0.497 e. The summed E-state index contributed by atoms with van der Waals surface area (Å²) in [5, 5.41) is 9.76. The van der Waals surface area contributed by atoms with Crippen molar-refractivity contribution in [3.05, 3.63) is 59.3 Å². The van der Waals surface area contributed by atoms with Crippen molar-refractivity contribution in [1.29, 1.82) is 0 Å². The molecular weight excluding hydrogens is 420 g/mol. The zero-order chi connectivity index (χ0) is 22.9. The van der Waals surface area contributed by atoms with Gasteiger partial charge in [0.05, 0.1) is 24.4 Å². The van der Waals surface area contributed by atoms with Gasteiger partial charge in [0.25, 0.3) is 5.91 Å². The fraction of sp³-hybridized carbons (Fsp3) is 0.320. The van der Waals surface area contributed by atoms with Gasteiger partial charge in [-0.1, -0.05) is 12.1 Å². The molecule has 0 radical (unpaired) electrons. The molecule has 4 N–H and O–H groups in total. The number of rotatable bonds is 5. The van der Waals surface area contributed by atoms with Crippen LogP contribution in [0.5, 0.6) is 5.75 Å². The van der Waals surface area contributed by atoms with E-state index >= 15 is 0 Å². The topological polar surface area (TPSA) is 112 Å². The lowest BCUT2D eigenvalue weighted by atomic mass is 9.91. The standard InChI is InChI=1S/C25H26N4O4/c1-33-14-9-10-19-17(13-14)15-6-4-8-20(23(15)27-19)26-22(30)12-11-21-25(32)28-18-7-3-2-5-16(18)24(31)29-21/h2-3,5,7,9-10,13,20-21,27H,4,6,8,11-12H2,1H3,(H,26,30)(H,28,32)(H,29,31)/t20?,21-/m0/s1. The molecule has 1 unspecified atom stereocenters. The summed E-state index contributed by atoms with van der Waals surface area (Å²) in [6, 6.07) is 11.9. The van der Waals surface area contributed by atoms with E-state index in [1.54, 1.807) is 31.4 Å². The highest BCUT2D eigenvalue weighted by Crippen LogP contribution is 2.36. The second kappa shape index (κ2) is 8.61. The summed E-state index contributed by atoms with van der Waals surface area (Å²) in [5.74, 6) is 0.0274. The van der Waals surface area contributed by atoms with Gasteiger partial charge < -0.3 is 25.7 Å². The Bertz CT molecular complexity index is 1250. The van der Waals surface area contributed by atoms with Gasteiger partial charge in [0.1, 0.15) is 11.8 Å². The maximum atomic E-state index is 12.8. The number of nitrogens with one attached hydrogen (secondary N) is 4. The molecule has 8 nitrogen and oxygen atoms in total. The number of aromatic amines is 1. The van der Waals surface area contributed by atoms with Crippen LogP contribution in [0.15, 0.2) is 42.5 Å². The number of carbonyl (C=O) groups is 3. The molecule has 8 heteroatoms. The minimum Gasteiger partial charge on any atom is -0.497 e. The first-order valence-electron chi connectivity index (χ1n) is 11.2. The van der Waals surface area contributed by atoms with Gasteiger partial charge >= 0.3 is 0 Å². The van der Waals surface area contributed by atoms with E-state index in [4.69, 9.17) is 4.74 Å². The van der Waals surface area contributed by atoms with Gasteiger partial charge in [-0.3, -0.25) is 14.4 Å². The van der Waals surface area contributed by atoms with Crippen molar-refractivity contribution in [2.75, 3.05) is 12.4 Å². The zero-order valence-electron chi connectivity index (χ0n) is 18.4. The molecule has 0 spiro atoms. The molecule has 1 aromatic heterocycles.